The Morgan fingerprint density at radius 3 is 2.80 bits per heavy atom. The van der Waals surface area contributed by atoms with Crippen molar-refractivity contribution in [3.8, 4) is 0 Å². The number of hydrogen-bond acceptors (Lipinski definition) is 3. The molecule has 0 radical (unpaired) electrons. The van der Waals surface area contributed by atoms with E-state index in [1.165, 1.54) is 0 Å². The second kappa shape index (κ2) is 6.07. The molecule has 1 saturated heterocycles. The number of carbonyl (C=O) groups is 2. The van der Waals surface area contributed by atoms with Crippen LogP contribution in [0.4, 0.5) is 0 Å². The van der Waals surface area contributed by atoms with E-state index in [0.29, 0.717) is 32.5 Å². The number of aliphatic carboxylic acids is 1. The number of aromatic nitrogens is 2. The smallest absolute Gasteiger partial charge is 0.308 e. The summed E-state index contributed by atoms with van der Waals surface area (Å²) in [5.41, 5.74) is 1.98. The monoisotopic (exact) mass is 279 g/mol. The number of carboxylic acids is 1. The number of carbonyl (C=O) groups excluding carboxylic acids is 1. The Morgan fingerprint density at radius 1 is 1.45 bits per heavy atom. The fraction of sp³-hybridized carbons (Fsp3) is 0.643. The highest BCUT2D eigenvalue weighted by atomic mass is 16.4. The molecule has 1 aromatic rings. The number of likely N-dealkylation sites (tertiary alicyclic amines) is 1. The van der Waals surface area contributed by atoms with Crippen molar-refractivity contribution >= 4 is 11.9 Å². The van der Waals surface area contributed by atoms with Gasteiger partial charge in [-0.1, -0.05) is 0 Å². The minimum atomic E-state index is -0.805. The van der Waals surface area contributed by atoms with E-state index in [1.807, 2.05) is 24.6 Å². The van der Waals surface area contributed by atoms with E-state index < -0.39 is 11.9 Å². The molecule has 110 valence electrons. The van der Waals surface area contributed by atoms with Crippen molar-refractivity contribution in [3.05, 3.63) is 17.5 Å². The maximum Gasteiger partial charge on any atom is 0.308 e. The molecule has 1 aromatic heterocycles. The molecule has 2 rings (SSSR count). The lowest BCUT2D eigenvalue weighted by molar-refractivity contribution is -0.145. The van der Waals surface area contributed by atoms with Gasteiger partial charge in [-0.3, -0.25) is 14.3 Å². The predicted molar refractivity (Wildman–Crippen MR) is 73.3 cm³/mol. The van der Waals surface area contributed by atoms with Crippen LogP contribution in [0.25, 0.3) is 0 Å². The Bertz CT molecular complexity index is 510. The van der Waals surface area contributed by atoms with E-state index in [0.717, 1.165) is 17.8 Å². The third-order valence-corrected chi connectivity index (χ3v) is 3.76. The van der Waals surface area contributed by atoms with Crippen molar-refractivity contribution in [2.75, 3.05) is 13.1 Å². The molecule has 1 atom stereocenters. The largest absolute Gasteiger partial charge is 0.481 e. The highest BCUT2D eigenvalue weighted by Gasteiger charge is 2.27. The Kier molecular flexibility index (Phi) is 4.42. The van der Waals surface area contributed by atoms with Gasteiger partial charge < -0.3 is 10.0 Å². The first-order chi connectivity index (χ1) is 9.47. The van der Waals surface area contributed by atoms with Crippen molar-refractivity contribution in [1.29, 1.82) is 0 Å². The molecule has 1 aliphatic rings. The molecule has 0 aromatic carbocycles. The molecule has 0 aliphatic carbocycles. The van der Waals surface area contributed by atoms with Crippen LogP contribution >= 0.6 is 0 Å². The van der Waals surface area contributed by atoms with Gasteiger partial charge in [0.15, 0.2) is 0 Å². The van der Waals surface area contributed by atoms with Crippen molar-refractivity contribution in [2.45, 2.75) is 39.7 Å². The van der Waals surface area contributed by atoms with Crippen LogP contribution in [0.2, 0.25) is 0 Å². The average Bonchev–Trinajstić information content (AvgIpc) is 2.74. The summed E-state index contributed by atoms with van der Waals surface area (Å²) in [6.07, 6.45) is 1.80. The number of rotatable bonds is 4. The van der Waals surface area contributed by atoms with E-state index in [1.54, 1.807) is 4.90 Å². The number of piperidine rings is 1. The maximum atomic E-state index is 12.1. The van der Waals surface area contributed by atoms with E-state index in [2.05, 4.69) is 5.10 Å². The van der Waals surface area contributed by atoms with E-state index in [9.17, 15) is 9.59 Å². The van der Waals surface area contributed by atoms with Crippen LogP contribution < -0.4 is 0 Å². The summed E-state index contributed by atoms with van der Waals surface area (Å²) in [6, 6.07) is 1.98. The molecular formula is C14H21N3O3. The summed E-state index contributed by atoms with van der Waals surface area (Å²) < 4.78 is 1.83. The number of carboxylic acid groups (broad SMARTS) is 1. The Labute approximate surface area is 118 Å². The zero-order valence-electron chi connectivity index (χ0n) is 12.0. The van der Waals surface area contributed by atoms with Crippen LogP contribution in [0, 0.1) is 19.8 Å². The van der Waals surface area contributed by atoms with Gasteiger partial charge in [-0.2, -0.15) is 5.10 Å². The van der Waals surface area contributed by atoms with Gasteiger partial charge in [-0.25, -0.2) is 0 Å². The fourth-order valence-corrected chi connectivity index (χ4v) is 2.67. The quantitative estimate of drug-likeness (QED) is 0.899. The first-order valence-corrected chi connectivity index (χ1v) is 6.99. The molecule has 0 spiro atoms. The van der Waals surface area contributed by atoms with Gasteiger partial charge >= 0.3 is 5.97 Å². The predicted octanol–water partition coefficient (Wildman–Crippen LogP) is 1.21. The summed E-state index contributed by atoms with van der Waals surface area (Å²) in [5.74, 6) is -1.20. The van der Waals surface area contributed by atoms with Crippen molar-refractivity contribution in [3.63, 3.8) is 0 Å². The fourth-order valence-electron chi connectivity index (χ4n) is 2.67. The molecule has 1 aliphatic heterocycles. The van der Waals surface area contributed by atoms with Gasteiger partial charge in [0.2, 0.25) is 5.91 Å². The van der Waals surface area contributed by atoms with Crippen molar-refractivity contribution < 1.29 is 14.7 Å². The molecular weight excluding hydrogens is 258 g/mol. The van der Waals surface area contributed by atoms with Gasteiger partial charge in [0.1, 0.15) is 0 Å². The topological polar surface area (TPSA) is 75.4 Å². The second-order valence-electron chi connectivity index (χ2n) is 5.42. The Balaban J connectivity index is 1.88. The van der Waals surface area contributed by atoms with Crippen molar-refractivity contribution in [1.82, 2.24) is 14.7 Å². The Morgan fingerprint density at radius 2 is 2.20 bits per heavy atom. The third-order valence-electron chi connectivity index (χ3n) is 3.76. The molecule has 0 unspecified atom stereocenters. The van der Waals surface area contributed by atoms with E-state index in [-0.39, 0.29) is 5.91 Å². The molecule has 20 heavy (non-hydrogen) atoms. The van der Waals surface area contributed by atoms with Gasteiger partial charge in [0.25, 0.3) is 0 Å². The lowest BCUT2D eigenvalue weighted by atomic mass is 9.98. The first-order valence-electron chi connectivity index (χ1n) is 6.99. The lowest BCUT2D eigenvalue weighted by Gasteiger charge is -2.30. The highest BCUT2D eigenvalue weighted by Crippen LogP contribution is 2.17. The van der Waals surface area contributed by atoms with Crippen LogP contribution in [0.5, 0.6) is 0 Å². The molecule has 6 nitrogen and oxygen atoms in total. The molecule has 6 heteroatoms. The normalized spacial score (nSPS) is 19.1. The lowest BCUT2D eigenvalue weighted by Crippen LogP contribution is -2.42. The molecule has 0 bridgehead atoms. The average molecular weight is 279 g/mol. The molecule has 2 heterocycles. The third kappa shape index (κ3) is 3.37. The number of amides is 1. The minimum Gasteiger partial charge on any atom is -0.481 e. The standard InChI is InChI=1S/C14H21N3O3/c1-10-8-11(2)17(15-10)7-5-13(18)16-6-3-4-12(9-16)14(19)20/h8,12H,3-7,9H2,1-2H3,(H,19,20)/t12-/m0/s1. The van der Waals surface area contributed by atoms with Crippen molar-refractivity contribution in [2.24, 2.45) is 5.92 Å². The van der Waals surface area contributed by atoms with Gasteiger partial charge in [0.05, 0.1) is 11.6 Å². The highest BCUT2D eigenvalue weighted by molar-refractivity contribution is 5.78. The number of aryl methyl sites for hydroxylation is 3. The second-order valence-corrected chi connectivity index (χ2v) is 5.42. The van der Waals surface area contributed by atoms with Gasteiger partial charge in [-0.05, 0) is 32.8 Å². The summed E-state index contributed by atoms with van der Waals surface area (Å²) in [6.45, 7) is 5.44. The van der Waals surface area contributed by atoms with Crippen LogP contribution in [0.1, 0.15) is 30.7 Å². The van der Waals surface area contributed by atoms with E-state index in [4.69, 9.17) is 5.11 Å². The summed E-state index contributed by atoms with van der Waals surface area (Å²) in [5, 5.41) is 13.4. The minimum absolute atomic E-state index is 0.0171. The van der Waals surface area contributed by atoms with Gasteiger partial charge in [0, 0.05) is 31.7 Å². The zero-order chi connectivity index (χ0) is 14.7. The molecule has 1 N–H and O–H groups in total. The zero-order valence-corrected chi connectivity index (χ0v) is 12.0. The van der Waals surface area contributed by atoms with Crippen LogP contribution in [0.3, 0.4) is 0 Å². The molecule has 1 fully saturated rings. The van der Waals surface area contributed by atoms with E-state index >= 15 is 0 Å². The maximum absolute atomic E-state index is 12.1. The summed E-state index contributed by atoms with van der Waals surface area (Å²) in [4.78, 5) is 24.8. The molecule has 0 saturated carbocycles. The molecule has 1 amide bonds. The van der Waals surface area contributed by atoms with Crippen LogP contribution in [0.15, 0.2) is 6.07 Å². The summed E-state index contributed by atoms with van der Waals surface area (Å²) in [7, 11) is 0. The summed E-state index contributed by atoms with van der Waals surface area (Å²) >= 11 is 0. The van der Waals surface area contributed by atoms with Crippen LogP contribution in [-0.4, -0.2) is 44.8 Å². The number of hydrogen-bond donors (Lipinski definition) is 1. The number of nitrogens with zero attached hydrogens (tertiary/aromatic N) is 3. The SMILES string of the molecule is Cc1cc(C)n(CCC(=O)N2CCC[C@H](C(=O)O)C2)n1. The van der Waals surface area contributed by atoms with Gasteiger partial charge in [-0.15, -0.1) is 0 Å². The van der Waals surface area contributed by atoms with Crippen LogP contribution in [-0.2, 0) is 16.1 Å². The Hall–Kier alpha value is -1.85. The first kappa shape index (κ1) is 14.6.